The summed E-state index contributed by atoms with van der Waals surface area (Å²) < 4.78 is 17.5. The summed E-state index contributed by atoms with van der Waals surface area (Å²) in [5, 5.41) is 28.8. The fourth-order valence-corrected chi connectivity index (χ4v) is 2.63. The minimum Gasteiger partial charge on any atom is -0.394 e. The molecule has 1 rings (SSSR count). The Labute approximate surface area is 110 Å². The molecular weight excluding hydrogens is 261 g/mol. The maximum atomic E-state index is 12.0. The molecule has 4 atom stereocenters. The van der Waals surface area contributed by atoms with Crippen LogP contribution in [0.5, 0.6) is 0 Å². The Morgan fingerprint density at radius 2 is 2.28 bits per heavy atom. The zero-order chi connectivity index (χ0) is 13.5. The molecule has 0 saturated heterocycles. The van der Waals surface area contributed by atoms with Crippen LogP contribution in [-0.4, -0.2) is 63.9 Å². The van der Waals surface area contributed by atoms with Gasteiger partial charge >= 0.3 is 0 Å². The fraction of sp³-hybridized carbons (Fsp3) is 0.909. The molecule has 1 unspecified atom stereocenters. The predicted molar refractivity (Wildman–Crippen MR) is 68.5 cm³/mol. The molecule has 7 heteroatoms. The molecule has 0 amide bonds. The van der Waals surface area contributed by atoms with Crippen molar-refractivity contribution in [2.24, 2.45) is 4.99 Å². The topological polar surface area (TPSA) is 82.3 Å². The Kier molecular flexibility index (Phi) is 7.10. The van der Waals surface area contributed by atoms with Crippen LogP contribution in [0.25, 0.3) is 0 Å². The van der Waals surface area contributed by atoms with Crippen molar-refractivity contribution >= 4 is 16.8 Å². The van der Waals surface area contributed by atoms with E-state index >= 15 is 0 Å². The first-order valence-corrected chi connectivity index (χ1v) is 6.84. The largest absolute Gasteiger partial charge is 0.394 e. The van der Waals surface area contributed by atoms with E-state index in [9.17, 15) is 14.6 Å². The van der Waals surface area contributed by atoms with Crippen LogP contribution in [0.15, 0.2) is 4.99 Å². The van der Waals surface area contributed by atoms with E-state index in [4.69, 9.17) is 9.84 Å². The molecule has 0 aromatic heterocycles. The third-order valence-electron chi connectivity index (χ3n) is 2.59. The van der Waals surface area contributed by atoms with Gasteiger partial charge in [0, 0.05) is 0 Å². The second kappa shape index (κ2) is 8.06. The van der Waals surface area contributed by atoms with Gasteiger partial charge in [-0.3, -0.25) is 9.38 Å². The monoisotopic (exact) mass is 281 g/mol. The van der Waals surface area contributed by atoms with Crippen LogP contribution < -0.4 is 0 Å². The van der Waals surface area contributed by atoms with E-state index in [-0.39, 0.29) is 18.7 Å². The Morgan fingerprint density at radius 1 is 1.56 bits per heavy atom. The Bertz CT molecular complexity index is 278. The summed E-state index contributed by atoms with van der Waals surface area (Å²) in [5.41, 5.74) is -0.287. The average Bonchev–Trinajstić information content (AvgIpc) is 2.80. The van der Waals surface area contributed by atoms with E-state index in [1.807, 2.05) is 0 Å². The van der Waals surface area contributed by atoms with Gasteiger partial charge in [0.15, 0.2) is 0 Å². The molecule has 1 aliphatic heterocycles. The summed E-state index contributed by atoms with van der Waals surface area (Å²) in [6, 6.07) is 0. The van der Waals surface area contributed by atoms with Crippen LogP contribution in [-0.2, 0) is 4.74 Å². The van der Waals surface area contributed by atoms with Crippen molar-refractivity contribution in [3.05, 3.63) is 0 Å². The lowest BCUT2D eigenvalue weighted by Gasteiger charge is -2.25. The standard InChI is InChI=1S/C11H20FNO4S/c1-7(15)11(16)8(6-14)17-10-5-13-9(18-10)3-2-4-12/h7-8,10-11,14-16H,2-6H2,1H3/t7-,8-,10?,11+/m1/s1. The zero-order valence-corrected chi connectivity index (χ0v) is 11.1. The number of aliphatic imine (C=N–C) groups is 1. The first kappa shape index (κ1) is 15.8. The molecule has 1 heterocycles. The highest BCUT2D eigenvalue weighted by atomic mass is 32.2. The van der Waals surface area contributed by atoms with Gasteiger partial charge in [0.1, 0.15) is 17.6 Å². The Hall–Kier alpha value is -0.210. The SMILES string of the molecule is C[C@@H](O)[C@H](O)[C@@H](CO)OC1CN=C(CCCF)S1. The van der Waals surface area contributed by atoms with Crippen LogP contribution in [0.1, 0.15) is 19.8 Å². The second-order valence-electron chi connectivity index (χ2n) is 4.16. The third-order valence-corrected chi connectivity index (χ3v) is 3.72. The zero-order valence-electron chi connectivity index (χ0n) is 10.3. The molecule has 0 bridgehead atoms. The van der Waals surface area contributed by atoms with E-state index in [1.165, 1.54) is 18.7 Å². The van der Waals surface area contributed by atoms with E-state index in [0.717, 1.165) is 5.04 Å². The van der Waals surface area contributed by atoms with Crippen molar-refractivity contribution < 1.29 is 24.4 Å². The molecule has 1 aliphatic rings. The van der Waals surface area contributed by atoms with Crippen LogP contribution in [0.4, 0.5) is 4.39 Å². The molecule has 18 heavy (non-hydrogen) atoms. The first-order valence-electron chi connectivity index (χ1n) is 5.97. The number of ether oxygens (including phenoxy) is 1. The van der Waals surface area contributed by atoms with Gasteiger partial charge in [0.05, 0.1) is 31.0 Å². The maximum Gasteiger partial charge on any atom is 0.128 e. The van der Waals surface area contributed by atoms with Crippen LogP contribution in [0.2, 0.25) is 0 Å². The van der Waals surface area contributed by atoms with Crippen molar-refractivity contribution in [1.29, 1.82) is 0 Å². The summed E-state index contributed by atoms with van der Waals surface area (Å²) in [7, 11) is 0. The molecule has 0 saturated carbocycles. The number of rotatable bonds is 8. The quantitative estimate of drug-likeness (QED) is 0.597. The highest BCUT2D eigenvalue weighted by molar-refractivity contribution is 8.14. The van der Waals surface area contributed by atoms with Gasteiger partial charge in [-0.15, -0.1) is 0 Å². The maximum absolute atomic E-state index is 12.0. The molecule has 0 aliphatic carbocycles. The molecule has 0 fully saturated rings. The summed E-state index contributed by atoms with van der Waals surface area (Å²) in [5.74, 6) is 0. The van der Waals surface area contributed by atoms with Gasteiger partial charge in [-0.05, 0) is 19.8 Å². The van der Waals surface area contributed by atoms with E-state index in [0.29, 0.717) is 19.4 Å². The van der Waals surface area contributed by atoms with Gasteiger partial charge in [-0.25, -0.2) is 0 Å². The lowest BCUT2D eigenvalue weighted by Crippen LogP contribution is -2.41. The van der Waals surface area contributed by atoms with Gasteiger partial charge in [0.2, 0.25) is 0 Å². The average molecular weight is 281 g/mol. The fourth-order valence-electron chi connectivity index (χ4n) is 1.57. The van der Waals surface area contributed by atoms with Crippen LogP contribution in [0.3, 0.4) is 0 Å². The smallest absolute Gasteiger partial charge is 0.128 e. The Balaban J connectivity index is 2.35. The van der Waals surface area contributed by atoms with Crippen LogP contribution in [0, 0.1) is 0 Å². The van der Waals surface area contributed by atoms with Crippen molar-refractivity contribution in [2.45, 2.75) is 43.5 Å². The van der Waals surface area contributed by atoms with E-state index in [2.05, 4.69) is 4.99 Å². The number of thioether (sulfide) groups is 1. The van der Waals surface area contributed by atoms with Crippen molar-refractivity contribution in [3.8, 4) is 0 Å². The van der Waals surface area contributed by atoms with Gasteiger partial charge in [0.25, 0.3) is 0 Å². The van der Waals surface area contributed by atoms with Crippen molar-refractivity contribution in [1.82, 2.24) is 0 Å². The van der Waals surface area contributed by atoms with Gasteiger partial charge < -0.3 is 20.1 Å². The van der Waals surface area contributed by atoms with Gasteiger partial charge in [-0.2, -0.15) is 0 Å². The van der Waals surface area contributed by atoms with E-state index in [1.54, 1.807) is 0 Å². The number of alkyl halides is 1. The molecule has 0 aromatic rings. The highest BCUT2D eigenvalue weighted by Crippen LogP contribution is 2.26. The third kappa shape index (κ3) is 4.81. The molecule has 3 N–H and O–H groups in total. The van der Waals surface area contributed by atoms with E-state index < -0.39 is 18.3 Å². The predicted octanol–water partition coefficient (Wildman–Crippen LogP) is 0.327. The summed E-state index contributed by atoms with van der Waals surface area (Å²) in [6.07, 6.45) is -1.91. The molecule has 0 radical (unpaired) electrons. The van der Waals surface area contributed by atoms with Crippen LogP contribution >= 0.6 is 11.8 Å². The van der Waals surface area contributed by atoms with Crippen molar-refractivity contribution in [3.63, 3.8) is 0 Å². The number of hydrogen-bond donors (Lipinski definition) is 3. The summed E-state index contributed by atoms with van der Waals surface area (Å²) >= 11 is 1.38. The second-order valence-corrected chi connectivity index (χ2v) is 5.40. The molecule has 106 valence electrons. The molecule has 0 spiro atoms. The molecule has 0 aromatic carbocycles. The van der Waals surface area contributed by atoms with Crippen molar-refractivity contribution in [2.75, 3.05) is 19.8 Å². The summed E-state index contributed by atoms with van der Waals surface area (Å²) in [4.78, 5) is 4.21. The number of aliphatic hydroxyl groups excluding tert-OH is 3. The molecule has 5 nitrogen and oxygen atoms in total. The lowest BCUT2D eigenvalue weighted by molar-refractivity contribution is -0.107. The summed E-state index contributed by atoms with van der Waals surface area (Å²) in [6.45, 7) is 1.12. The minimum atomic E-state index is -1.13. The number of hydrogen-bond acceptors (Lipinski definition) is 6. The normalized spacial score (nSPS) is 24.7. The minimum absolute atomic E-state index is 0.287. The highest BCUT2D eigenvalue weighted by Gasteiger charge is 2.29. The number of halogens is 1. The Morgan fingerprint density at radius 3 is 2.83 bits per heavy atom. The first-order chi connectivity index (χ1) is 8.58. The number of aliphatic hydroxyl groups is 3. The lowest BCUT2D eigenvalue weighted by atomic mass is 10.1. The molecular formula is C11H20FNO4S. The number of nitrogens with zero attached hydrogens (tertiary/aromatic N) is 1. The van der Waals surface area contributed by atoms with Gasteiger partial charge in [-0.1, -0.05) is 11.8 Å².